The molecule has 3 N–H and O–H groups in total. The van der Waals surface area contributed by atoms with Crippen LogP contribution in [0, 0.1) is 0 Å². The van der Waals surface area contributed by atoms with Crippen LogP contribution < -0.4 is 10.6 Å². The summed E-state index contributed by atoms with van der Waals surface area (Å²) < 4.78 is 5.50. The molecule has 0 aliphatic rings. The number of fused-ring (bicyclic) bond motifs is 1. The average molecular weight is 264 g/mol. The highest BCUT2D eigenvalue weighted by molar-refractivity contribution is 7.80. The minimum atomic E-state index is 0.475. The predicted molar refractivity (Wildman–Crippen MR) is 75.4 cm³/mol. The SMILES string of the molecule is CNC(=S)NCCOCc1nc2ccccc2[nH]1. The van der Waals surface area contributed by atoms with E-state index >= 15 is 0 Å². The van der Waals surface area contributed by atoms with Crippen LogP contribution >= 0.6 is 12.2 Å². The van der Waals surface area contributed by atoms with Gasteiger partial charge in [0.1, 0.15) is 12.4 Å². The summed E-state index contributed by atoms with van der Waals surface area (Å²) in [6, 6.07) is 7.92. The lowest BCUT2D eigenvalue weighted by molar-refractivity contribution is 0.121. The Kier molecular flexibility index (Phi) is 4.49. The molecule has 5 nitrogen and oxygen atoms in total. The first kappa shape index (κ1) is 12.8. The molecule has 0 radical (unpaired) electrons. The molecule has 2 rings (SSSR count). The van der Waals surface area contributed by atoms with Gasteiger partial charge < -0.3 is 20.4 Å². The van der Waals surface area contributed by atoms with Crippen LogP contribution in [0.1, 0.15) is 5.82 Å². The molecule has 0 atom stereocenters. The number of imidazole rings is 1. The van der Waals surface area contributed by atoms with Crippen molar-refractivity contribution in [3.8, 4) is 0 Å². The molecule has 0 aliphatic heterocycles. The van der Waals surface area contributed by atoms with E-state index in [9.17, 15) is 0 Å². The minimum Gasteiger partial charge on any atom is -0.372 e. The summed E-state index contributed by atoms with van der Waals surface area (Å²) in [5.41, 5.74) is 2.00. The summed E-state index contributed by atoms with van der Waals surface area (Å²) in [4.78, 5) is 7.63. The van der Waals surface area contributed by atoms with Gasteiger partial charge in [-0.15, -0.1) is 0 Å². The van der Waals surface area contributed by atoms with Gasteiger partial charge in [-0.05, 0) is 24.4 Å². The van der Waals surface area contributed by atoms with Crippen molar-refractivity contribution < 1.29 is 4.74 Å². The van der Waals surface area contributed by atoms with Crippen LogP contribution in [0.4, 0.5) is 0 Å². The highest BCUT2D eigenvalue weighted by Crippen LogP contribution is 2.10. The Morgan fingerprint density at radius 1 is 1.44 bits per heavy atom. The van der Waals surface area contributed by atoms with E-state index in [2.05, 4.69) is 20.6 Å². The number of benzene rings is 1. The highest BCUT2D eigenvalue weighted by Gasteiger charge is 2.01. The molecule has 96 valence electrons. The largest absolute Gasteiger partial charge is 0.372 e. The Labute approximate surface area is 111 Å². The van der Waals surface area contributed by atoms with Gasteiger partial charge in [-0.3, -0.25) is 0 Å². The lowest BCUT2D eigenvalue weighted by atomic mass is 10.3. The zero-order valence-corrected chi connectivity index (χ0v) is 11.0. The maximum atomic E-state index is 5.50. The third-order valence-electron chi connectivity index (χ3n) is 2.44. The Morgan fingerprint density at radius 3 is 3.06 bits per heavy atom. The molecule has 0 amide bonds. The topological polar surface area (TPSA) is 62.0 Å². The monoisotopic (exact) mass is 264 g/mol. The van der Waals surface area contributed by atoms with Crippen LogP contribution in [0.3, 0.4) is 0 Å². The van der Waals surface area contributed by atoms with E-state index in [4.69, 9.17) is 17.0 Å². The molecule has 1 aromatic heterocycles. The number of hydrogen-bond donors (Lipinski definition) is 3. The van der Waals surface area contributed by atoms with Gasteiger partial charge in [0.2, 0.25) is 0 Å². The Bertz CT molecular complexity index is 493. The molecule has 0 bridgehead atoms. The van der Waals surface area contributed by atoms with E-state index in [1.807, 2.05) is 24.3 Å². The van der Waals surface area contributed by atoms with Crippen LogP contribution in [0.5, 0.6) is 0 Å². The predicted octanol–water partition coefficient (Wildman–Crippen LogP) is 1.17. The Hall–Kier alpha value is -1.66. The lowest BCUT2D eigenvalue weighted by Crippen LogP contribution is -2.34. The molecule has 1 heterocycles. The quantitative estimate of drug-likeness (QED) is 0.559. The van der Waals surface area contributed by atoms with Crippen molar-refractivity contribution in [1.29, 1.82) is 0 Å². The van der Waals surface area contributed by atoms with Crippen molar-refractivity contribution in [3.05, 3.63) is 30.1 Å². The van der Waals surface area contributed by atoms with E-state index in [0.717, 1.165) is 16.9 Å². The second-order valence-electron chi connectivity index (χ2n) is 3.76. The molecule has 1 aromatic carbocycles. The summed E-state index contributed by atoms with van der Waals surface area (Å²) in [5.74, 6) is 0.840. The fourth-order valence-electron chi connectivity index (χ4n) is 1.57. The molecular weight excluding hydrogens is 248 g/mol. The highest BCUT2D eigenvalue weighted by atomic mass is 32.1. The number of H-pyrrole nitrogens is 1. The van der Waals surface area contributed by atoms with Crippen molar-refractivity contribution in [2.45, 2.75) is 6.61 Å². The number of nitrogens with zero attached hydrogens (tertiary/aromatic N) is 1. The van der Waals surface area contributed by atoms with Crippen molar-refractivity contribution >= 4 is 28.4 Å². The third kappa shape index (κ3) is 3.41. The zero-order chi connectivity index (χ0) is 12.8. The Balaban J connectivity index is 1.75. The molecule has 0 aliphatic carbocycles. The van der Waals surface area contributed by atoms with Crippen LogP contribution in [0.15, 0.2) is 24.3 Å². The molecule has 0 spiro atoms. The van der Waals surface area contributed by atoms with Crippen molar-refractivity contribution in [2.24, 2.45) is 0 Å². The summed E-state index contributed by atoms with van der Waals surface area (Å²) in [6.45, 7) is 1.74. The third-order valence-corrected chi connectivity index (χ3v) is 2.78. The van der Waals surface area contributed by atoms with Crippen LogP contribution in [0.2, 0.25) is 0 Å². The fraction of sp³-hybridized carbons (Fsp3) is 0.333. The average Bonchev–Trinajstić information content (AvgIpc) is 2.80. The van der Waals surface area contributed by atoms with Crippen molar-refractivity contribution in [1.82, 2.24) is 20.6 Å². The number of rotatable bonds is 5. The molecule has 0 unspecified atom stereocenters. The van der Waals surface area contributed by atoms with E-state index in [0.29, 0.717) is 24.9 Å². The number of ether oxygens (including phenoxy) is 1. The molecule has 18 heavy (non-hydrogen) atoms. The van der Waals surface area contributed by atoms with Crippen molar-refractivity contribution in [2.75, 3.05) is 20.2 Å². The standard InChI is InChI=1S/C12H16N4OS/c1-13-12(18)14-6-7-17-8-11-15-9-4-2-3-5-10(9)16-11/h2-5H,6-8H2,1H3,(H,15,16)(H2,13,14,18). The van der Waals surface area contributed by atoms with E-state index in [1.165, 1.54) is 0 Å². The summed E-state index contributed by atoms with van der Waals surface area (Å²) in [6.07, 6.45) is 0. The van der Waals surface area contributed by atoms with Gasteiger partial charge in [0.15, 0.2) is 5.11 Å². The molecule has 6 heteroatoms. The first-order chi connectivity index (χ1) is 8.79. The van der Waals surface area contributed by atoms with E-state index < -0.39 is 0 Å². The summed E-state index contributed by atoms with van der Waals surface area (Å²) >= 11 is 4.95. The summed E-state index contributed by atoms with van der Waals surface area (Å²) in [7, 11) is 1.78. The number of aromatic nitrogens is 2. The number of hydrogen-bond acceptors (Lipinski definition) is 3. The Morgan fingerprint density at radius 2 is 2.28 bits per heavy atom. The van der Waals surface area contributed by atoms with Crippen molar-refractivity contribution in [3.63, 3.8) is 0 Å². The van der Waals surface area contributed by atoms with Crippen LogP contribution in [0.25, 0.3) is 11.0 Å². The number of thiocarbonyl (C=S) groups is 1. The van der Waals surface area contributed by atoms with Crippen LogP contribution in [-0.2, 0) is 11.3 Å². The van der Waals surface area contributed by atoms with Gasteiger partial charge in [-0.1, -0.05) is 12.1 Å². The number of nitrogens with one attached hydrogen (secondary N) is 3. The van der Waals surface area contributed by atoms with Gasteiger partial charge in [0, 0.05) is 13.6 Å². The zero-order valence-electron chi connectivity index (χ0n) is 10.2. The maximum absolute atomic E-state index is 5.50. The van der Waals surface area contributed by atoms with E-state index in [-0.39, 0.29) is 0 Å². The first-order valence-corrected chi connectivity index (χ1v) is 6.17. The summed E-state index contributed by atoms with van der Waals surface area (Å²) in [5, 5.41) is 6.47. The lowest BCUT2D eigenvalue weighted by Gasteiger charge is -2.06. The molecule has 0 saturated carbocycles. The normalized spacial score (nSPS) is 10.5. The maximum Gasteiger partial charge on any atom is 0.166 e. The van der Waals surface area contributed by atoms with E-state index in [1.54, 1.807) is 7.05 Å². The number of aromatic amines is 1. The second kappa shape index (κ2) is 6.32. The molecular formula is C12H16N4OS. The van der Waals surface area contributed by atoms with Gasteiger partial charge in [0.25, 0.3) is 0 Å². The molecule has 0 fully saturated rings. The van der Waals surface area contributed by atoms with Gasteiger partial charge >= 0.3 is 0 Å². The van der Waals surface area contributed by atoms with Gasteiger partial charge in [0.05, 0.1) is 17.6 Å². The molecule has 0 saturated heterocycles. The van der Waals surface area contributed by atoms with Gasteiger partial charge in [-0.25, -0.2) is 4.98 Å². The first-order valence-electron chi connectivity index (χ1n) is 5.76. The smallest absolute Gasteiger partial charge is 0.166 e. The van der Waals surface area contributed by atoms with Gasteiger partial charge in [-0.2, -0.15) is 0 Å². The molecule has 2 aromatic rings. The fourth-order valence-corrected chi connectivity index (χ4v) is 1.67. The van der Waals surface area contributed by atoms with Crippen LogP contribution in [-0.4, -0.2) is 35.3 Å². The minimum absolute atomic E-state index is 0.475. The second-order valence-corrected chi connectivity index (χ2v) is 4.17. The number of para-hydroxylation sites is 2.